The second-order valence-corrected chi connectivity index (χ2v) is 5.76. The van der Waals surface area contributed by atoms with Crippen molar-refractivity contribution in [1.29, 1.82) is 5.41 Å². The van der Waals surface area contributed by atoms with Gasteiger partial charge in [0.1, 0.15) is 5.84 Å². The highest BCUT2D eigenvalue weighted by Crippen LogP contribution is 2.37. The summed E-state index contributed by atoms with van der Waals surface area (Å²) >= 11 is 7.00. The first kappa shape index (κ1) is 15.7. The van der Waals surface area contributed by atoms with Gasteiger partial charge in [-0.15, -0.1) is 0 Å². The molecule has 110 valence electrons. The Morgan fingerprint density at radius 3 is 2.33 bits per heavy atom. The van der Waals surface area contributed by atoms with E-state index in [1.807, 2.05) is 0 Å². The molecule has 0 aromatic heterocycles. The van der Waals surface area contributed by atoms with Crippen LogP contribution in [-0.4, -0.2) is 5.84 Å². The minimum Gasteiger partial charge on any atom is -0.384 e. The summed E-state index contributed by atoms with van der Waals surface area (Å²) in [7, 11) is 0. The van der Waals surface area contributed by atoms with E-state index < -0.39 is 17.6 Å². The molecule has 0 aliphatic carbocycles. The molecule has 2 nitrogen and oxygen atoms in total. The van der Waals surface area contributed by atoms with Crippen LogP contribution in [0.2, 0.25) is 5.02 Å². The smallest absolute Gasteiger partial charge is 0.384 e. The van der Waals surface area contributed by atoms with Gasteiger partial charge in [-0.2, -0.15) is 13.2 Å². The van der Waals surface area contributed by atoms with Crippen molar-refractivity contribution in [3.8, 4) is 0 Å². The molecule has 0 fully saturated rings. The molecule has 2 aromatic carbocycles. The van der Waals surface area contributed by atoms with Gasteiger partial charge in [-0.3, -0.25) is 5.41 Å². The first-order valence-electron chi connectivity index (χ1n) is 5.76. The van der Waals surface area contributed by atoms with Gasteiger partial charge >= 0.3 is 6.18 Å². The lowest BCUT2D eigenvalue weighted by Gasteiger charge is -2.13. The molecule has 0 aliphatic heterocycles. The van der Waals surface area contributed by atoms with Crippen molar-refractivity contribution in [2.45, 2.75) is 16.0 Å². The van der Waals surface area contributed by atoms with Crippen molar-refractivity contribution in [2.75, 3.05) is 0 Å². The molecule has 2 rings (SSSR count). The maximum atomic E-state index is 13.0. The van der Waals surface area contributed by atoms with E-state index in [-0.39, 0.29) is 5.56 Å². The lowest BCUT2D eigenvalue weighted by molar-refractivity contribution is -0.137. The Morgan fingerprint density at radius 2 is 1.76 bits per heavy atom. The molecule has 0 heterocycles. The number of hydrogen-bond donors (Lipinski definition) is 2. The zero-order chi connectivity index (χ0) is 15.6. The van der Waals surface area contributed by atoms with Crippen molar-refractivity contribution < 1.29 is 13.2 Å². The lowest BCUT2D eigenvalue weighted by Crippen LogP contribution is -2.18. The Bertz CT molecular complexity index is 686. The van der Waals surface area contributed by atoms with Crippen LogP contribution in [0.4, 0.5) is 13.2 Å². The van der Waals surface area contributed by atoms with E-state index in [4.69, 9.17) is 22.7 Å². The molecule has 0 radical (unpaired) electrons. The largest absolute Gasteiger partial charge is 0.417 e. The summed E-state index contributed by atoms with van der Waals surface area (Å²) in [6.45, 7) is 0. The molecule has 2 aromatic rings. The van der Waals surface area contributed by atoms with Gasteiger partial charge in [0, 0.05) is 20.4 Å². The molecule has 0 saturated heterocycles. The fourth-order valence-electron chi connectivity index (χ4n) is 1.72. The van der Waals surface area contributed by atoms with Crippen LogP contribution in [0.25, 0.3) is 0 Å². The van der Waals surface area contributed by atoms with E-state index in [1.54, 1.807) is 24.3 Å². The molecular formula is C14H10ClF3N2S. The van der Waals surface area contributed by atoms with Gasteiger partial charge in [-0.25, -0.2) is 0 Å². The molecule has 0 atom stereocenters. The highest BCUT2D eigenvalue weighted by atomic mass is 35.5. The Balaban J connectivity index is 2.40. The number of rotatable bonds is 3. The van der Waals surface area contributed by atoms with Crippen LogP contribution in [0.3, 0.4) is 0 Å². The van der Waals surface area contributed by atoms with Crippen molar-refractivity contribution in [1.82, 2.24) is 0 Å². The molecule has 0 aliphatic rings. The highest BCUT2D eigenvalue weighted by molar-refractivity contribution is 7.99. The number of hydrogen-bond acceptors (Lipinski definition) is 2. The summed E-state index contributed by atoms with van der Waals surface area (Å²) in [5.41, 5.74) is 3.96. The average Bonchev–Trinajstić information content (AvgIpc) is 2.37. The van der Waals surface area contributed by atoms with Crippen LogP contribution in [0.5, 0.6) is 0 Å². The zero-order valence-corrected chi connectivity index (χ0v) is 12.1. The molecule has 3 N–H and O–H groups in total. The summed E-state index contributed by atoms with van der Waals surface area (Å²) < 4.78 is 39.0. The van der Waals surface area contributed by atoms with Crippen LogP contribution in [0.15, 0.2) is 52.3 Å². The molecule has 21 heavy (non-hydrogen) atoms. The predicted octanol–water partition coefficient (Wildman–Crippen LogP) is 4.79. The van der Waals surface area contributed by atoms with Crippen LogP contribution >= 0.6 is 23.4 Å². The molecular weight excluding hydrogens is 321 g/mol. The normalized spacial score (nSPS) is 11.4. The number of benzene rings is 2. The summed E-state index contributed by atoms with van der Waals surface area (Å²) in [5, 5.41) is 7.74. The topological polar surface area (TPSA) is 49.9 Å². The average molecular weight is 331 g/mol. The summed E-state index contributed by atoms with van der Waals surface area (Å²) in [6.07, 6.45) is -4.56. The minimum absolute atomic E-state index is 0.321. The molecule has 0 bridgehead atoms. The third kappa shape index (κ3) is 3.92. The molecule has 0 unspecified atom stereocenters. The summed E-state index contributed by atoms with van der Waals surface area (Å²) in [6, 6.07) is 10.5. The van der Waals surface area contributed by atoms with Crippen molar-refractivity contribution in [3.05, 3.63) is 58.6 Å². The molecule has 0 saturated carbocycles. The zero-order valence-electron chi connectivity index (χ0n) is 10.5. The minimum atomic E-state index is -4.56. The summed E-state index contributed by atoms with van der Waals surface area (Å²) in [4.78, 5) is 1.13. The third-order valence-electron chi connectivity index (χ3n) is 2.62. The number of nitrogen functional groups attached to an aromatic ring is 1. The monoisotopic (exact) mass is 330 g/mol. The summed E-state index contributed by atoms with van der Waals surface area (Å²) in [5.74, 6) is -0.610. The van der Waals surface area contributed by atoms with Gasteiger partial charge in [0.2, 0.25) is 0 Å². The highest BCUT2D eigenvalue weighted by Gasteiger charge is 2.34. The number of alkyl halides is 3. The second kappa shape index (κ2) is 5.99. The van der Waals surface area contributed by atoms with Crippen LogP contribution in [-0.2, 0) is 6.18 Å². The fourth-order valence-corrected chi connectivity index (χ4v) is 2.90. The third-order valence-corrected chi connectivity index (χ3v) is 3.83. The Labute approximate surface area is 128 Å². The van der Waals surface area contributed by atoms with E-state index in [0.717, 1.165) is 22.7 Å². The van der Waals surface area contributed by atoms with Crippen molar-refractivity contribution in [2.24, 2.45) is 5.73 Å². The number of nitrogens with one attached hydrogen (secondary N) is 1. The van der Waals surface area contributed by atoms with Gasteiger partial charge in [-0.1, -0.05) is 29.4 Å². The Hall–Kier alpha value is -1.66. The number of amidine groups is 1. The lowest BCUT2D eigenvalue weighted by atomic mass is 10.1. The number of halogens is 4. The van der Waals surface area contributed by atoms with Crippen molar-refractivity contribution >= 4 is 29.2 Å². The Kier molecular flexibility index (Phi) is 4.49. The predicted molar refractivity (Wildman–Crippen MR) is 78.0 cm³/mol. The first-order chi connectivity index (χ1) is 9.77. The standard InChI is InChI=1S/C14H10ClF3N2S/c15-8-2-1-3-9(6-8)21-10-4-5-11(13(19)20)12(7-10)14(16,17)18/h1-7H,(H3,19,20). The van der Waals surface area contributed by atoms with Gasteiger partial charge < -0.3 is 5.73 Å². The van der Waals surface area contributed by atoms with Crippen LogP contribution in [0, 0.1) is 5.41 Å². The van der Waals surface area contributed by atoms with Crippen LogP contribution in [0.1, 0.15) is 11.1 Å². The SMILES string of the molecule is N=C(N)c1ccc(Sc2cccc(Cl)c2)cc1C(F)(F)F. The van der Waals surface area contributed by atoms with E-state index in [9.17, 15) is 13.2 Å². The van der Waals surface area contributed by atoms with E-state index in [2.05, 4.69) is 0 Å². The number of nitrogens with two attached hydrogens (primary N) is 1. The second-order valence-electron chi connectivity index (χ2n) is 4.18. The molecule has 0 amide bonds. The molecule has 0 spiro atoms. The first-order valence-corrected chi connectivity index (χ1v) is 6.96. The van der Waals surface area contributed by atoms with E-state index >= 15 is 0 Å². The Morgan fingerprint density at radius 1 is 1.10 bits per heavy atom. The van der Waals surface area contributed by atoms with E-state index in [0.29, 0.717) is 9.92 Å². The van der Waals surface area contributed by atoms with Gasteiger partial charge in [0.25, 0.3) is 0 Å². The van der Waals surface area contributed by atoms with Gasteiger partial charge in [0.05, 0.1) is 5.56 Å². The quantitative estimate of drug-likeness (QED) is 0.627. The van der Waals surface area contributed by atoms with Crippen LogP contribution < -0.4 is 5.73 Å². The fraction of sp³-hybridized carbons (Fsp3) is 0.0714. The molecule has 7 heteroatoms. The van der Waals surface area contributed by atoms with E-state index in [1.165, 1.54) is 12.1 Å². The maximum absolute atomic E-state index is 13.0. The van der Waals surface area contributed by atoms with Gasteiger partial charge in [0.15, 0.2) is 0 Å². The van der Waals surface area contributed by atoms with Crippen molar-refractivity contribution in [3.63, 3.8) is 0 Å². The maximum Gasteiger partial charge on any atom is 0.417 e. The van der Waals surface area contributed by atoms with Gasteiger partial charge in [-0.05, 0) is 36.4 Å².